The maximum atomic E-state index is 11.9. The Bertz CT molecular complexity index is 599. The summed E-state index contributed by atoms with van der Waals surface area (Å²) in [5.74, 6) is -0.332. The summed E-state index contributed by atoms with van der Waals surface area (Å²) in [4.78, 5) is 16.2. The molecule has 2 aromatic rings. The molecule has 0 unspecified atom stereocenters. The minimum atomic E-state index is -0.332. The van der Waals surface area contributed by atoms with E-state index in [9.17, 15) is 4.79 Å². The fraction of sp³-hybridized carbons (Fsp3) is 0.231. The number of nitrogens with zero attached hydrogens (tertiary/aromatic N) is 1. The number of fused-ring (bicyclic) bond motifs is 1. The molecule has 0 aliphatic carbocycles. The second kappa shape index (κ2) is 5.80. The van der Waals surface area contributed by atoms with Gasteiger partial charge in [-0.15, -0.1) is 0 Å². The molecule has 0 aliphatic heterocycles. The average Bonchev–Trinajstić information content (AvgIpc) is 2.38. The molecule has 2 rings (SSSR count). The number of hydrogen-bond acceptors (Lipinski definition) is 3. The third kappa shape index (κ3) is 2.42. The van der Waals surface area contributed by atoms with Crippen molar-refractivity contribution in [2.75, 3.05) is 6.61 Å². The summed E-state index contributed by atoms with van der Waals surface area (Å²) in [6.45, 7) is 2.15. The first-order chi connectivity index (χ1) is 8.69. The predicted octanol–water partition coefficient (Wildman–Crippen LogP) is 4.07. The smallest absolute Gasteiger partial charge is 0.340 e. The number of pyridine rings is 1. The van der Waals surface area contributed by atoms with Crippen LogP contribution in [-0.2, 0) is 10.1 Å². The third-order valence-electron chi connectivity index (χ3n) is 2.59. The highest BCUT2D eigenvalue weighted by Gasteiger charge is 2.16. The van der Waals surface area contributed by atoms with Crippen LogP contribution in [0.2, 0.25) is 0 Å². The van der Waals surface area contributed by atoms with Gasteiger partial charge in [0.1, 0.15) is 0 Å². The zero-order valence-corrected chi connectivity index (χ0v) is 12.9. The van der Waals surface area contributed by atoms with Crippen molar-refractivity contribution in [1.82, 2.24) is 4.98 Å². The summed E-state index contributed by atoms with van der Waals surface area (Å²) < 4.78 is 5.95. The number of benzene rings is 1. The molecule has 94 valence electrons. The van der Waals surface area contributed by atoms with Gasteiger partial charge in [-0.25, -0.2) is 4.79 Å². The van der Waals surface area contributed by atoms with E-state index < -0.39 is 0 Å². The van der Waals surface area contributed by atoms with Crippen LogP contribution in [0.15, 0.2) is 28.9 Å². The van der Waals surface area contributed by atoms with Crippen LogP contribution in [0.4, 0.5) is 0 Å². The molecule has 0 fully saturated rings. The minimum Gasteiger partial charge on any atom is -0.462 e. The number of alkyl halides is 1. The predicted molar refractivity (Wildman–Crippen MR) is 78.0 cm³/mol. The molecule has 0 spiro atoms. The summed E-state index contributed by atoms with van der Waals surface area (Å²) in [6.07, 6.45) is 1.57. The lowest BCUT2D eigenvalue weighted by molar-refractivity contribution is 0.0525. The van der Waals surface area contributed by atoms with E-state index in [-0.39, 0.29) is 5.97 Å². The van der Waals surface area contributed by atoms with Crippen LogP contribution in [-0.4, -0.2) is 17.6 Å². The van der Waals surface area contributed by atoms with E-state index in [0.29, 0.717) is 17.5 Å². The zero-order valence-electron chi connectivity index (χ0n) is 9.74. The maximum absolute atomic E-state index is 11.9. The Morgan fingerprint density at radius 1 is 1.44 bits per heavy atom. The number of para-hydroxylation sites is 1. The molecule has 0 atom stereocenters. The van der Waals surface area contributed by atoms with Gasteiger partial charge in [0, 0.05) is 21.4 Å². The van der Waals surface area contributed by atoms with Gasteiger partial charge < -0.3 is 4.74 Å². The Balaban J connectivity index is 2.67. The molecule has 0 saturated heterocycles. The van der Waals surface area contributed by atoms with Crippen LogP contribution in [0.25, 0.3) is 10.9 Å². The Kier molecular flexibility index (Phi) is 4.35. The molecule has 1 aromatic carbocycles. The van der Waals surface area contributed by atoms with Crippen molar-refractivity contribution in [1.29, 1.82) is 0 Å². The van der Waals surface area contributed by atoms with Crippen molar-refractivity contribution >= 4 is 48.7 Å². The monoisotopic (exact) mass is 371 g/mol. The molecule has 5 heteroatoms. The molecule has 0 N–H and O–H groups in total. The van der Waals surface area contributed by atoms with Gasteiger partial charge in [0.25, 0.3) is 0 Å². The first-order valence-electron chi connectivity index (χ1n) is 5.48. The Hall–Kier alpha value is -0.940. The highest BCUT2D eigenvalue weighted by atomic mass is 79.9. The highest BCUT2D eigenvalue weighted by molar-refractivity contribution is 9.10. The molecular formula is C13H11Br2NO2. The largest absolute Gasteiger partial charge is 0.462 e. The van der Waals surface area contributed by atoms with Crippen molar-refractivity contribution in [3.63, 3.8) is 0 Å². The molecule has 3 nitrogen and oxygen atoms in total. The molecule has 0 bridgehead atoms. The lowest BCUT2D eigenvalue weighted by Crippen LogP contribution is -2.08. The van der Waals surface area contributed by atoms with Crippen LogP contribution in [0.5, 0.6) is 0 Å². The van der Waals surface area contributed by atoms with Gasteiger partial charge in [-0.2, -0.15) is 0 Å². The van der Waals surface area contributed by atoms with Crippen molar-refractivity contribution in [3.05, 3.63) is 40.0 Å². The van der Waals surface area contributed by atoms with E-state index in [0.717, 1.165) is 20.9 Å². The van der Waals surface area contributed by atoms with Crippen molar-refractivity contribution in [2.24, 2.45) is 0 Å². The SMILES string of the molecule is CCOC(=O)c1cnc2c(Br)cccc2c1CBr. The van der Waals surface area contributed by atoms with E-state index >= 15 is 0 Å². The molecule has 1 aromatic heterocycles. The van der Waals surface area contributed by atoms with Crippen LogP contribution in [0, 0.1) is 0 Å². The summed E-state index contributed by atoms with van der Waals surface area (Å²) in [5.41, 5.74) is 2.26. The van der Waals surface area contributed by atoms with Gasteiger partial charge in [0.05, 0.1) is 17.7 Å². The molecule has 0 radical (unpaired) electrons. The van der Waals surface area contributed by atoms with Gasteiger partial charge in [-0.3, -0.25) is 4.98 Å². The lowest BCUT2D eigenvalue weighted by Gasteiger charge is -2.10. The molecule has 0 aliphatic rings. The van der Waals surface area contributed by atoms with Crippen molar-refractivity contribution in [2.45, 2.75) is 12.3 Å². The van der Waals surface area contributed by atoms with Crippen LogP contribution in [0.1, 0.15) is 22.8 Å². The van der Waals surface area contributed by atoms with E-state index in [1.807, 2.05) is 18.2 Å². The third-order valence-corrected chi connectivity index (χ3v) is 3.79. The van der Waals surface area contributed by atoms with Crippen LogP contribution < -0.4 is 0 Å². The van der Waals surface area contributed by atoms with E-state index in [1.54, 1.807) is 13.1 Å². The maximum Gasteiger partial charge on any atom is 0.340 e. The molecule has 0 amide bonds. The second-order valence-corrected chi connectivity index (χ2v) is 5.06. The van der Waals surface area contributed by atoms with Gasteiger partial charge >= 0.3 is 5.97 Å². The summed E-state index contributed by atoms with van der Waals surface area (Å²) in [5, 5.41) is 1.53. The number of halogens is 2. The average molecular weight is 373 g/mol. The van der Waals surface area contributed by atoms with E-state index in [2.05, 4.69) is 36.8 Å². The normalized spacial score (nSPS) is 10.6. The second-order valence-electron chi connectivity index (χ2n) is 3.64. The van der Waals surface area contributed by atoms with Gasteiger partial charge in [-0.1, -0.05) is 28.1 Å². The van der Waals surface area contributed by atoms with Gasteiger partial charge in [0.15, 0.2) is 0 Å². The number of ether oxygens (including phenoxy) is 1. The Labute approximate surface area is 122 Å². The number of esters is 1. The number of rotatable bonds is 3. The molecule has 1 heterocycles. The fourth-order valence-corrected chi connectivity index (χ4v) is 2.84. The van der Waals surface area contributed by atoms with Gasteiger partial charge in [-0.05, 0) is 34.5 Å². The van der Waals surface area contributed by atoms with Crippen LogP contribution in [0.3, 0.4) is 0 Å². The van der Waals surface area contributed by atoms with Gasteiger partial charge in [0.2, 0.25) is 0 Å². The highest BCUT2D eigenvalue weighted by Crippen LogP contribution is 2.28. The minimum absolute atomic E-state index is 0.332. The lowest BCUT2D eigenvalue weighted by atomic mass is 10.1. The molecule has 0 saturated carbocycles. The topological polar surface area (TPSA) is 39.2 Å². The zero-order chi connectivity index (χ0) is 13.1. The first kappa shape index (κ1) is 13.5. The summed E-state index contributed by atoms with van der Waals surface area (Å²) >= 11 is 6.88. The van der Waals surface area contributed by atoms with Crippen molar-refractivity contribution < 1.29 is 9.53 Å². The summed E-state index contributed by atoms with van der Waals surface area (Å²) in [6, 6.07) is 5.80. The quantitative estimate of drug-likeness (QED) is 0.602. The number of carbonyl (C=O) groups excluding carboxylic acids is 1. The molecule has 18 heavy (non-hydrogen) atoms. The molecular weight excluding hydrogens is 362 g/mol. The Morgan fingerprint density at radius 3 is 2.89 bits per heavy atom. The van der Waals surface area contributed by atoms with Crippen LogP contribution >= 0.6 is 31.9 Å². The first-order valence-corrected chi connectivity index (χ1v) is 7.39. The number of carbonyl (C=O) groups is 1. The number of aromatic nitrogens is 1. The Morgan fingerprint density at radius 2 is 2.22 bits per heavy atom. The van der Waals surface area contributed by atoms with E-state index in [1.165, 1.54) is 0 Å². The fourth-order valence-electron chi connectivity index (χ4n) is 1.77. The van der Waals surface area contributed by atoms with E-state index in [4.69, 9.17) is 4.74 Å². The number of hydrogen-bond donors (Lipinski definition) is 0. The standard InChI is InChI=1S/C13H11Br2NO2/c1-2-18-13(17)10-7-16-12-8(9(10)6-14)4-3-5-11(12)15/h3-5,7H,2,6H2,1H3. The summed E-state index contributed by atoms with van der Waals surface area (Å²) in [7, 11) is 0. The van der Waals surface area contributed by atoms with Crippen molar-refractivity contribution in [3.8, 4) is 0 Å².